The van der Waals surface area contributed by atoms with Gasteiger partial charge in [0.2, 0.25) is 0 Å². The van der Waals surface area contributed by atoms with Crippen LogP contribution in [-0.4, -0.2) is 24.3 Å². The third kappa shape index (κ3) is 7.28. The van der Waals surface area contributed by atoms with Crippen molar-refractivity contribution in [3.05, 3.63) is 63.6 Å². The van der Waals surface area contributed by atoms with Crippen molar-refractivity contribution >= 4 is 40.9 Å². The molecular weight excluding hydrogens is 401 g/mol. The molecule has 0 aliphatic rings. The topological polar surface area (TPSA) is 38.3 Å². The van der Waals surface area contributed by atoms with E-state index in [1.54, 1.807) is 17.8 Å². The highest BCUT2D eigenvalue weighted by Crippen LogP contribution is 2.24. The number of carbonyl (C=O) groups is 1. The van der Waals surface area contributed by atoms with Gasteiger partial charge in [-0.1, -0.05) is 55.2 Å². The van der Waals surface area contributed by atoms with Crippen molar-refractivity contribution in [3.63, 3.8) is 0 Å². The third-order valence-electron chi connectivity index (χ3n) is 4.09. The quantitative estimate of drug-likeness (QED) is 0.491. The summed E-state index contributed by atoms with van der Waals surface area (Å²) in [7, 11) is 0. The summed E-state index contributed by atoms with van der Waals surface area (Å²) in [6, 6.07) is 13.4. The van der Waals surface area contributed by atoms with Crippen molar-refractivity contribution in [3.8, 4) is 5.75 Å². The van der Waals surface area contributed by atoms with E-state index in [0.29, 0.717) is 23.0 Å². The summed E-state index contributed by atoms with van der Waals surface area (Å²) in [5, 5.41) is 4.26. The summed E-state index contributed by atoms with van der Waals surface area (Å²) in [5.74, 6) is 2.22. The van der Waals surface area contributed by atoms with Gasteiger partial charge in [-0.3, -0.25) is 4.79 Å². The van der Waals surface area contributed by atoms with Crippen LogP contribution >= 0.6 is 35.0 Å². The van der Waals surface area contributed by atoms with Gasteiger partial charge in [-0.05, 0) is 48.2 Å². The monoisotopic (exact) mass is 425 g/mol. The zero-order valence-electron chi connectivity index (χ0n) is 15.6. The Balaban J connectivity index is 1.72. The van der Waals surface area contributed by atoms with E-state index < -0.39 is 6.10 Å². The SMILES string of the molecule is CCc1ccc(O[C@H](CC)C(=O)NCCSCc2ccc(Cl)cc2Cl)cc1. The first-order chi connectivity index (χ1) is 13.0. The minimum absolute atomic E-state index is 0.0813. The fraction of sp³-hybridized carbons (Fsp3) is 0.381. The molecule has 0 aliphatic heterocycles. The Morgan fingerprint density at radius 1 is 1.15 bits per heavy atom. The molecule has 0 unspecified atom stereocenters. The van der Waals surface area contributed by atoms with Crippen molar-refractivity contribution in [2.45, 2.75) is 38.5 Å². The molecular formula is C21H25Cl2NO2S. The lowest BCUT2D eigenvalue weighted by atomic mass is 10.2. The molecule has 0 fully saturated rings. The van der Waals surface area contributed by atoms with Crippen molar-refractivity contribution in [2.24, 2.45) is 0 Å². The second kappa shape index (κ2) is 11.5. The van der Waals surface area contributed by atoms with Crippen LogP contribution in [0.1, 0.15) is 31.4 Å². The molecule has 0 bridgehead atoms. The van der Waals surface area contributed by atoms with Gasteiger partial charge < -0.3 is 10.1 Å². The fourth-order valence-electron chi connectivity index (χ4n) is 2.47. The summed E-state index contributed by atoms with van der Waals surface area (Å²) < 4.78 is 5.83. The fourth-order valence-corrected chi connectivity index (χ4v) is 3.89. The summed E-state index contributed by atoms with van der Waals surface area (Å²) in [6.07, 6.45) is 1.12. The number of thioether (sulfide) groups is 1. The number of nitrogens with one attached hydrogen (secondary N) is 1. The first-order valence-corrected chi connectivity index (χ1v) is 11.0. The van der Waals surface area contributed by atoms with Crippen LogP contribution in [0.4, 0.5) is 0 Å². The lowest BCUT2D eigenvalue weighted by molar-refractivity contribution is -0.127. The van der Waals surface area contributed by atoms with Crippen molar-refractivity contribution in [1.82, 2.24) is 5.32 Å². The number of amides is 1. The van der Waals surface area contributed by atoms with E-state index in [1.165, 1.54) is 5.56 Å². The second-order valence-electron chi connectivity index (χ2n) is 6.09. The Kier molecular flexibility index (Phi) is 9.32. The molecule has 0 aromatic heterocycles. The third-order valence-corrected chi connectivity index (χ3v) is 5.69. The maximum Gasteiger partial charge on any atom is 0.261 e. The van der Waals surface area contributed by atoms with Crippen LogP contribution in [-0.2, 0) is 17.0 Å². The molecule has 2 rings (SSSR count). The molecule has 1 atom stereocenters. The number of hydrogen-bond donors (Lipinski definition) is 1. The minimum atomic E-state index is -0.479. The van der Waals surface area contributed by atoms with Crippen LogP contribution in [0.2, 0.25) is 10.0 Å². The summed E-state index contributed by atoms with van der Waals surface area (Å²) >= 11 is 13.8. The zero-order chi connectivity index (χ0) is 19.6. The van der Waals surface area contributed by atoms with Gasteiger partial charge in [0, 0.05) is 28.1 Å². The molecule has 1 amide bonds. The molecule has 0 saturated heterocycles. The van der Waals surface area contributed by atoms with Crippen LogP contribution in [0.15, 0.2) is 42.5 Å². The molecule has 3 nitrogen and oxygen atoms in total. The number of rotatable bonds is 10. The average molecular weight is 426 g/mol. The van der Waals surface area contributed by atoms with Crippen LogP contribution < -0.4 is 10.1 Å². The smallest absolute Gasteiger partial charge is 0.261 e. The van der Waals surface area contributed by atoms with Crippen LogP contribution in [0.3, 0.4) is 0 Å². The first kappa shape index (κ1) is 21.9. The maximum atomic E-state index is 12.3. The molecule has 2 aromatic rings. The second-order valence-corrected chi connectivity index (χ2v) is 8.04. The van der Waals surface area contributed by atoms with Crippen LogP contribution in [0, 0.1) is 0 Å². The van der Waals surface area contributed by atoms with Gasteiger partial charge >= 0.3 is 0 Å². The van der Waals surface area contributed by atoms with Gasteiger partial charge in [-0.15, -0.1) is 0 Å². The molecule has 0 saturated carbocycles. The highest BCUT2D eigenvalue weighted by molar-refractivity contribution is 7.98. The molecule has 0 spiro atoms. The van der Waals surface area contributed by atoms with Crippen LogP contribution in [0.5, 0.6) is 5.75 Å². The van der Waals surface area contributed by atoms with E-state index >= 15 is 0 Å². The predicted molar refractivity (Wildman–Crippen MR) is 116 cm³/mol. The molecule has 0 aliphatic carbocycles. The molecule has 1 N–H and O–H groups in total. The molecule has 6 heteroatoms. The highest BCUT2D eigenvalue weighted by atomic mass is 35.5. The van der Waals surface area contributed by atoms with E-state index in [9.17, 15) is 4.79 Å². The number of benzene rings is 2. The Bertz CT molecular complexity index is 737. The van der Waals surface area contributed by atoms with Gasteiger partial charge in [0.15, 0.2) is 6.10 Å². The van der Waals surface area contributed by atoms with Gasteiger partial charge in [-0.25, -0.2) is 0 Å². The van der Waals surface area contributed by atoms with Gasteiger partial charge in [0.25, 0.3) is 5.91 Å². The molecule has 146 valence electrons. The standard InChI is InChI=1S/C21H25Cl2NO2S/c1-3-15-5-9-18(10-6-15)26-20(4-2)21(25)24-11-12-27-14-16-7-8-17(22)13-19(16)23/h5-10,13,20H,3-4,11-12,14H2,1-2H3,(H,24,25)/t20-/m1/s1. The Morgan fingerprint density at radius 2 is 1.89 bits per heavy atom. The van der Waals surface area contributed by atoms with Gasteiger partial charge in [-0.2, -0.15) is 11.8 Å². The van der Waals surface area contributed by atoms with E-state index in [0.717, 1.165) is 29.2 Å². The maximum absolute atomic E-state index is 12.3. The number of aryl methyl sites for hydroxylation is 1. The van der Waals surface area contributed by atoms with Crippen molar-refractivity contribution < 1.29 is 9.53 Å². The summed E-state index contributed by atoms with van der Waals surface area (Å²) in [6.45, 7) is 4.64. The van der Waals surface area contributed by atoms with E-state index in [4.69, 9.17) is 27.9 Å². The Morgan fingerprint density at radius 3 is 2.52 bits per heavy atom. The minimum Gasteiger partial charge on any atom is -0.481 e. The number of halogens is 2. The van der Waals surface area contributed by atoms with Crippen LogP contribution in [0.25, 0.3) is 0 Å². The van der Waals surface area contributed by atoms with E-state index in [1.807, 2.05) is 43.3 Å². The lowest BCUT2D eigenvalue weighted by Gasteiger charge is -2.17. The van der Waals surface area contributed by atoms with E-state index in [2.05, 4.69) is 12.2 Å². The molecule has 27 heavy (non-hydrogen) atoms. The predicted octanol–water partition coefficient (Wildman–Crippen LogP) is 5.76. The van der Waals surface area contributed by atoms with Crippen molar-refractivity contribution in [2.75, 3.05) is 12.3 Å². The number of carbonyl (C=O) groups excluding carboxylic acids is 1. The molecule has 0 heterocycles. The van der Waals surface area contributed by atoms with Crippen molar-refractivity contribution in [1.29, 1.82) is 0 Å². The summed E-state index contributed by atoms with van der Waals surface area (Å²) in [4.78, 5) is 12.3. The lowest BCUT2D eigenvalue weighted by Crippen LogP contribution is -2.39. The Labute approximate surface area is 175 Å². The van der Waals surface area contributed by atoms with Gasteiger partial charge in [0.1, 0.15) is 5.75 Å². The number of ether oxygens (including phenoxy) is 1. The highest BCUT2D eigenvalue weighted by Gasteiger charge is 2.17. The zero-order valence-corrected chi connectivity index (χ0v) is 18.0. The molecule has 2 aromatic carbocycles. The average Bonchev–Trinajstić information content (AvgIpc) is 2.67. The first-order valence-electron chi connectivity index (χ1n) is 9.08. The van der Waals surface area contributed by atoms with E-state index in [-0.39, 0.29) is 5.91 Å². The Hall–Kier alpha value is -1.36. The number of hydrogen-bond acceptors (Lipinski definition) is 3. The normalized spacial score (nSPS) is 11.9. The largest absolute Gasteiger partial charge is 0.481 e. The molecule has 0 radical (unpaired) electrons. The van der Waals surface area contributed by atoms with Gasteiger partial charge in [0.05, 0.1) is 0 Å². The summed E-state index contributed by atoms with van der Waals surface area (Å²) in [5.41, 5.74) is 2.29.